The van der Waals surface area contributed by atoms with Gasteiger partial charge in [0.1, 0.15) is 5.82 Å². The number of nitrogens with zero attached hydrogens (tertiary/aromatic N) is 2. The fourth-order valence-corrected chi connectivity index (χ4v) is 3.46. The first kappa shape index (κ1) is 13.8. The van der Waals surface area contributed by atoms with Gasteiger partial charge in [0.15, 0.2) is 0 Å². The van der Waals surface area contributed by atoms with Gasteiger partial charge in [-0.3, -0.25) is 9.69 Å². The van der Waals surface area contributed by atoms with E-state index in [0.29, 0.717) is 18.1 Å². The molecule has 2 aliphatic rings. The van der Waals surface area contributed by atoms with E-state index in [1.54, 1.807) is 4.90 Å². The van der Waals surface area contributed by atoms with E-state index in [4.69, 9.17) is 11.6 Å². The first-order chi connectivity index (χ1) is 9.52. The molecule has 2 fully saturated rings. The highest BCUT2D eigenvalue weighted by atomic mass is 35.5. The highest BCUT2D eigenvalue weighted by Gasteiger charge is 2.46. The monoisotopic (exact) mass is 296 g/mol. The van der Waals surface area contributed by atoms with Crippen LogP contribution in [0.3, 0.4) is 0 Å². The van der Waals surface area contributed by atoms with Gasteiger partial charge in [-0.05, 0) is 44.5 Å². The number of hydrogen-bond donors (Lipinski definition) is 0. The minimum absolute atomic E-state index is 0.0801. The lowest BCUT2D eigenvalue weighted by Gasteiger charge is -2.55. The van der Waals surface area contributed by atoms with Gasteiger partial charge in [0.25, 0.3) is 5.91 Å². The standard InChI is InChI=1S/C15H18ClFN2O/c1-18-8-6-15(18)5-2-7-19(10-15)14(20)12-9-11(16)3-4-13(12)17/h3-4,9H,2,5-8,10H2,1H3. The van der Waals surface area contributed by atoms with Crippen LogP contribution < -0.4 is 0 Å². The van der Waals surface area contributed by atoms with Crippen molar-refractivity contribution in [2.24, 2.45) is 0 Å². The third-order valence-corrected chi connectivity index (χ3v) is 4.96. The van der Waals surface area contributed by atoms with Gasteiger partial charge in [-0.2, -0.15) is 0 Å². The van der Waals surface area contributed by atoms with Crippen LogP contribution in [0.1, 0.15) is 29.6 Å². The molecule has 1 spiro atoms. The Hall–Kier alpha value is -1.13. The molecule has 0 radical (unpaired) electrons. The second kappa shape index (κ2) is 5.01. The maximum Gasteiger partial charge on any atom is 0.256 e. The van der Waals surface area contributed by atoms with E-state index < -0.39 is 5.82 Å². The van der Waals surface area contributed by atoms with Crippen molar-refractivity contribution in [1.82, 2.24) is 9.80 Å². The summed E-state index contributed by atoms with van der Waals surface area (Å²) >= 11 is 5.87. The number of halogens is 2. The summed E-state index contributed by atoms with van der Waals surface area (Å²) < 4.78 is 13.8. The number of amides is 1. The van der Waals surface area contributed by atoms with E-state index in [-0.39, 0.29) is 17.0 Å². The fraction of sp³-hybridized carbons (Fsp3) is 0.533. The summed E-state index contributed by atoms with van der Waals surface area (Å²) in [6.07, 6.45) is 3.20. The van der Waals surface area contributed by atoms with Crippen LogP contribution in [-0.2, 0) is 0 Å². The molecule has 1 aromatic rings. The topological polar surface area (TPSA) is 23.6 Å². The van der Waals surface area contributed by atoms with Gasteiger partial charge in [-0.1, -0.05) is 11.6 Å². The summed E-state index contributed by atoms with van der Waals surface area (Å²) in [4.78, 5) is 16.6. The molecule has 1 atom stereocenters. The third kappa shape index (κ3) is 2.21. The number of carbonyl (C=O) groups excluding carboxylic acids is 1. The second-order valence-corrected chi connectivity index (χ2v) is 6.29. The summed E-state index contributed by atoms with van der Waals surface area (Å²) in [5.41, 5.74) is 0.194. The third-order valence-electron chi connectivity index (χ3n) is 4.72. The van der Waals surface area contributed by atoms with Crippen molar-refractivity contribution in [2.75, 3.05) is 26.7 Å². The lowest BCUT2D eigenvalue weighted by atomic mass is 9.78. The summed E-state index contributed by atoms with van der Waals surface area (Å²) in [5.74, 6) is -0.745. The van der Waals surface area contributed by atoms with Crippen molar-refractivity contribution in [1.29, 1.82) is 0 Å². The van der Waals surface area contributed by atoms with Crippen molar-refractivity contribution in [3.05, 3.63) is 34.6 Å². The smallest absolute Gasteiger partial charge is 0.256 e. The fourth-order valence-electron chi connectivity index (χ4n) is 3.28. The number of benzene rings is 1. The summed E-state index contributed by atoms with van der Waals surface area (Å²) in [6.45, 7) is 2.46. The Balaban J connectivity index is 1.82. The zero-order valence-electron chi connectivity index (χ0n) is 11.5. The number of piperidine rings is 1. The van der Waals surface area contributed by atoms with Crippen molar-refractivity contribution in [2.45, 2.75) is 24.8 Å². The number of likely N-dealkylation sites (tertiary alicyclic amines) is 2. The van der Waals surface area contributed by atoms with Gasteiger partial charge in [0.05, 0.1) is 5.56 Å². The first-order valence-electron chi connectivity index (χ1n) is 6.97. The highest BCUT2D eigenvalue weighted by Crippen LogP contribution is 2.37. The van der Waals surface area contributed by atoms with Gasteiger partial charge in [-0.25, -0.2) is 4.39 Å². The Morgan fingerprint density at radius 1 is 1.35 bits per heavy atom. The summed E-state index contributed by atoms with van der Waals surface area (Å²) in [7, 11) is 2.09. The van der Waals surface area contributed by atoms with Crippen LogP contribution in [0.2, 0.25) is 5.02 Å². The van der Waals surface area contributed by atoms with E-state index in [1.807, 2.05) is 0 Å². The van der Waals surface area contributed by atoms with Crippen molar-refractivity contribution < 1.29 is 9.18 Å². The van der Waals surface area contributed by atoms with Crippen LogP contribution in [0, 0.1) is 5.82 Å². The molecule has 1 aromatic carbocycles. The Morgan fingerprint density at radius 2 is 2.15 bits per heavy atom. The SMILES string of the molecule is CN1CCC12CCCN(C(=O)c1cc(Cl)ccc1F)C2. The zero-order valence-corrected chi connectivity index (χ0v) is 12.3. The Morgan fingerprint density at radius 3 is 2.80 bits per heavy atom. The van der Waals surface area contributed by atoms with Crippen molar-refractivity contribution in [3.63, 3.8) is 0 Å². The van der Waals surface area contributed by atoms with Crippen LogP contribution in [0.15, 0.2) is 18.2 Å². The minimum atomic E-state index is -0.499. The lowest BCUT2D eigenvalue weighted by Crippen LogP contribution is -2.66. The molecule has 20 heavy (non-hydrogen) atoms. The quantitative estimate of drug-likeness (QED) is 0.795. The van der Waals surface area contributed by atoms with Crippen LogP contribution in [0.4, 0.5) is 4.39 Å². The average molecular weight is 297 g/mol. The molecule has 0 N–H and O–H groups in total. The molecule has 0 bridgehead atoms. The van der Waals surface area contributed by atoms with Crippen molar-refractivity contribution >= 4 is 17.5 Å². The molecule has 0 aliphatic carbocycles. The molecule has 0 aromatic heterocycles. The average Bonchev–Trinajstić information content (AvgIpc) is 2.47. The van der Waals surface area contributed by atoms with Crippen LogP contribution >= 0.6 is 11.6 Å². The molecular weight excluding hydrogens is 279 g/mol. The molecule has 2 aliphatic heterocycles. The number of carbonyl (C=O) groups is 1. The molecule has 1 unspecified atom stereocenters. The summed E-state index contributed by atoms with van der Waals surface area (Å²) in [5, 5.41) is 0.391. The van der Waals surface area contributed by atoms with Gasteiger partial charge in [-0.15, -0.1) is 0 Å². The van der Waals surface area contributed by atoms with Gasteiger partial charge < -0.3 is 4.90 Å². The normalized spacial score (nSPS) is 26.6. The molecule has 1 amide bonds. The first-order valence-corrected chi connectivity index (χ1v) is 7.35. The number of rotatable bonds is 1. The van der Waals surface area contributed by atoms with Gasteiger partial charge in [0, 0.05) is 30.2 Å². The van der Waals surface area contributed by atoms with E-state index >= 15 is 0 Å². The summed E-state index contributed by atoms with van der Waals surface area (Å²) in [6, 6.07) is 4.14. The van der Waals surface area contributed by atoms with Crippen LogP contribution in [0.5, 0.6) is 0 Å². The minimum Gasteiger partial charge on any atom is -0.337 e. The number of likely N-dealkylation sites (N-methyl/N-ethyl adjacent to an activating group) is 1. The molecular formula is C15H18ClFN2O. The van der Waals surface area contributed by atoms with E-state index in [0.717, 1.165) is 25.8 Å². The van der Waals surface area contributed by atoms with Gasteiger partial charge >= 0.3 is 0 Å². The Labute approximate surface area is 123 Å². The molecule has 2 heterocycles. The van der Waals surface area contributed by atoms with Crippen LogP contribution in [-0.4, -0.2) is 47.9 Å². The predicted octanol–water partition coefficient (Wildman–Crippen LogP) is 2.79. The molecule has 3 nitrogen and oxygen atoms in total. The molecule has 2 saturated heterocycles. The highest BCUT2D eigenvalue weighted by molar-refractivity contribution is 6.31. The van der Waals surface area contributed by atoms with E-state index in [9.17, 15) is 9.18 Å². The maximum atomic E-state index is 13.8. The zero-order chi connectivity index (χ0) is 14.3. The molecule has 0 saturated carbocycles. The molecule has 3 rings (SSSR count). The van der Waals surface area contributed by atoms with Crippen LogP contribution in [0.25, 0.3) is 0 Å². The predicted molar refractivity (Wildman–Crippen MR) is 76.5 cm³/mol. The largest absolute Gasteiger partial charge is 0.337 e. The Bertz CT molecular complexity index is 551. The maximum absolute atomic E-state index is 13.8. The van der Waals surface area contributed by atoms with Crippen molar-refractivity contribution in [3.8, 4) is 0 Å². The number of hydrogen-bond acceptors (Lipinski definition) is 2. The van der Waals surface area contributed by atoms with E-state index in [2.05, 4.69) is 11.9 Å². The lowest BCUT2D eigenvalue weighted by molar-refractivity contribution is -0.0409. The second-order valence-electron chi connectivity index (χ2n) is 5.85. The van der Waals surface area contributed by atoms with E-state index in [1.165, 1.54) is 18.2 Å². The molecule has 108 valence electrons. The molecule has 5 heteroatoms. The van der Waals surface area contributed by atoms with Gasteiger partial charge in [0.2, 0.25) is 0 Å². The Kier molecular flexibility index (Phi) is 3.46.